The Balaban J connectivity index is 1.35. The summed E-state index contributed by atoms with van der Waals surface area (Å²) < 4.78 is 5.39. The fourth-order valence-corrected chi connectivity index (χ4v) is 3.44. The first kappa shape index (κ1) is 16.3. The van der Waals surface area contributed by atoms with Crippen LogP contribution in [-0.2, 0) is 4.79 Å². The minimum absolute atomic E-state index is 0.0139. The Morgan fingerprint density at radius 3 is 2.88 bits per heavy atom. The van der Waals surface area contributed by atoms with Crippen LogP contribution in [0.4, 0.5) is 5.69 Å². The summed E-state index contributed by atoms with van der Waals surface area (Å²) >= 11 is 0. The summed E-state index contributed by atoms with van der Waals surface area (Å²) in [7, 11) is 0. The molecule has 1 atom stereocenters. The molecule has 2 N–H and O–H groups in total. The van der Waals surface area contributed by atoms with Gasteiger partial charge in [0.1, 0.15) is 0 Å². The molecule has 1 aliphatic heterocycles. The van der Waals surface area contributed by atoms with Gasteiger partial charge in [-0.25, -0.2) is 0 Å². The van der Waals surface area contributed by atoms with E-state index in [-0.39, 0.29) is 11.8 Å². The van der Waals surface area contributed by atoms with Crippen LogP contribution >= 0.6 is 0 Å². The lowest BCUT2D eigenvalue weighted by Gasteiger charge is -2.30. The van der Waals surface area contributed by atoms with Gasteiger partial charge in [-0.2, -0.15) is 10.1 Å². The third-order valence-electron chi connectivity index (χ3n) is 5.01. The van der Waals surface area contributed by atoms with Crippen LogP contribution in [0.1, 0.15) is 60.6 Å². The SMILES string of the molecule is Cc1n[nH]c(C)c1NC(=O)CN1CCC[C@H](c2noc(C3CC3)n2)C1. The third-order valence-corrected chi connectivity index (χ3v) is 5.01. The van der Waals surface area contributed by atoms with Crippen molar-refractivity contribution in [2.24, 2.45) is 0 Å². The van der Waals surface area contributed by atoms with Gasteiger partial charge in [0.2, 0.25) is 11.8 Å². The quantitative estimate of drug-likeness (QED) is 0.862. The van der Waals surface area contributed by atoms with Crippen LogP contribution in [0.2, 0.25) is 0 Å². The summed E-state index contributed by atoms with van der Waals surface area (Å²) in [6.07, 6.45) is 4.40. The second-order valence-corrected chi connectivity index (χ2v) is 7.20. The zero-order valence-corrected chi connectivity index (χ0v) is 14.7. The van der Waals surface area contributed by atoms with E-state index in [1.165, 1.54) is 0 Å². The molecule has 0 aromatic carbocycles. The van der Waals surface area contributed by atoms with Crippen molar-refractivity contribution >= 4 is 11.6 Å². The number of nitrogens with one attached hydrogen (secondary N) is 2. The predicted molar refractivity (Wildman–Crippen MR) is 91.4 cm³/mol. The molecule has 0 bridgehead atoms. The molecule has 8 nitrogen and oxygen atoms in total. The molecule has 0 spiro atoms. The van der Waals surface area contributed by atoms with Crippen molar-refractivity contribution in [1.29, 1.82) is 0 Å². The molecular formula is C17H24N6O2. The number of hydrogen-bond acceptors (Lipinski definition) is 6. The highest BCUT2D eigenvalue weighted by Crippen LogP contribution is 2.39. The Labute approximate surface area is 146 Å². The molecule has 8 heteroatoms. The lowest BCUT2D eigenvalue weighted by atomic mass is 9.97. The number of amides is 1. The van der Waals surface area contributed by atoms with Crippen LogP contribution in [0.3, 0.4) is 0 Å². The summed E-state index contributed by atoms with van der Waals surface area (Å²) in [5.41, 5.74) is 2.47. The molecule has 3 heterocycles. The molecule has 1 saturated carbocycles. The van der Waals surface area contributed by atoms with Crippen LogP contribution in [0.15, 0.2) is 4.52 Å². The van der Waals surface area contributed by atoms with Crippen molar-refractivity contribution < 1.29 is 9.32 Å². The monoisotopic (exact) mass is 344 g/mol. The van der Waals surface area contributed by atoms with Crippen molar-refractivity contribution in [1.82, 2.24) is 25.2 Å². The average molecular weight is 344 g/mol. The topological polar surface area (TPSA) is 99.9 Å². The van der Waals surface area contributed by atoms with E-state index in [1.54, 1.807) is 0 Å². The number of rotatable bonds is 5. The number of hydrogen-bond donors (Lipinski definition) is 2. The maximum absolute atomic E-state index is 12.4. The molecule has 0 radical (unpaired) electrons. The Morgan fingerprint density at radius 1 is 1.32 bits per heavy atom. The van der Waals surface area contributed by atoms with E-state index in [4.69, 9.17) is 4.52 Å². The van der Waals surface area contributed by atoms with Gasteiger partial charge in [0.15, 0.2) is 5.82 Å². The number of piperidine rings is 1. The number of aromatic nitrogens is 4. The van der Waals surface area contributed by atoms with Crippen molar-refractivity contribution in [3.05, 3.63) is 23.1 Å². The highest BCUT2D eigenvalue weighted by atomic mass is 16.5. The van der Waals surface area contributed by atoms with Crippen LogP contribution in [0.5, 0.6) is 0 Å². The van der Waals surface area contributed by atoms with E-state index < -0.39 is 0 Å². The number of H-pyrrole nitrogens is 1. The van der Waals surface area contributed by atoms with Gasteiger partial charge < -0.3 is 9.84 Å². The third kappa shape index (κ3) is 3.58. The smallest absolute Gasteiger partial charge is 0.238 e. The van der Waals surface area contributed by atoms with Crippen molar-refractivity contribution in [3.63, 3.8) is 0 Å². The van der Waals surface area contributed by atoms with E-state index in [0.29, 0.717) is 12.5 Å². The second kappa shape index (κ2) is 6.59. The van der Waals surface area contributed by atoms with E-state index in [0.717, 1.165) is 67.6 Å². The van der Waals surface area contributed by atoms with Gasteiger partial charge in [-0.15, -0.1) is 0 Å². The van der Waals surface area contributed by atoms with Crippen LogP contribution in [-0.4, -0.2) is 50.8 Å². The van der Waals surface area contributed by atoms with Gasteiger partial charge in [-0.1, -0.05) is 5.16 Å². The molecule has 2 aliphatic rings. The van der Waals surface area contributed by atoms with Crippen LogP contribution in [0.25, 0.3) is 0 Å². The molecule has 25 heavy (non-hydrogen) atoms. The Kier molecular flexibility index (Phi) is 4.29. The number of anilines is 1. The first-order valence-corrected chi connectivity index (χ1v) is 8.97. The Hall–Kier alpha value is -2.22. The van der Waals surface area contributed by atoms with Crippen molar-refractivity contribution in [2.75, 3.05) is 25.0 Å². The minimum Gasteiger partial charge on any atom is -0.339 e. The summed E-state index contributed by atoms with van der Waals surface area (Å²) in [6, 6.07) is 0. The van der Waals surface area contributed by atoms with Gasteiger partial charge in [0, 0.05) is 18.4 Å². The molecular weight excluding hydrogens is 320 g/mol. The maximum atomic E-state index is 12.4. The fraction of sp³-hybridized carbons (Fsp3) is 0.647. The van der Waals surface area contributed by atoms with Crippen molar-refractivity contribution in [3.8, 4) is 0 Å². The number of carbonyl (C=O) groups excluding carboxylic acids is 1. The number of aryl methyl sites for hydroxylation is 2. The fourth-order valence-electron chi connectivity index (χ4n) is 3.44. The molecule has 2 fully saturated rings. The van der Waals surface area contributed by atoms with Gasteiger partial charge in [-0.3, -0.25) is 14.8 Å². The van der Waals surface area contributed by atoms with E-state index >= 15 is 0 Å². The van der Waals surface area contributed by atoms with Gasteiger partial charge >= 0.3 is 0 Å². The number of likely N-dealkylation sites (tertiary alicyclic amines) is 1. The molecule has 4 rings (SSSR count). The van der Waals surface area contributed by atoms with Gasteiger partial charge in [0.25, 0.3) is 0 Å². The number of carbonyl (C=O) groups is 1. The molecule has 0 unspecified atom stereocenters. The number of nitrogens with zero attached hydrogens (tertiary/aromatic N) is 4. The summed E-state index contributed by atoms with van der Waals surface area (Å²) in [4.78, 5) is 19.1. The first-order valence-electron chi connectivity index (χ1n) is 8.97. The summed E-state index contributed by atoms with van der Waals surface area (Å²) in [6.45, 7) is 5.86. The van der Waals surface area contributed by atoms with Gasteiger partial charge in [0.05, 0.1) is 23.6 Å². The van der Waals surface area contributed by atoms with Crippen LogP contribution in [0, 0.1) is 13.8 Å². The minimum atomic E-state index is -0.0139. The lowest BCUT2D eigenvalue weighted by molar-refractivity contribution is -0.117. The largest absolute Gasteiger partial charge is 0.339 e. The van der Waals surface area contributed by atoms with E-state index in [9.17, 15) is 4.79 Å². The second-order valence-electron chi connectivity index (χ2n) is 7.20. The van der Waals surface area contributed by atoms with Crippen LogP contribution < -0.4 is 5.32 Å². The average Bonchev–Trinajstić information content (AvgIpc) is 3.26. The Bertz CT molecular complexity index is 744. The molecule has 134 valence electrons. The predicted octanol–water partition coefficient (Wildman–Crippen LogP) is 2.11. The highest BCUT2D eigenvalue weighted by molar-refractivity contribution is 5.93. The summed E-state index contributed by atoms with van der Waals surface area (Å²) in [5.74, 6) is 2.30. The Morgan fingerprint density at radius 2 is 2.16 bits per heavy atom. The summed E-state index contributed by atoms with van der Waals surface area (Å²) in [5, 5.41) is 14.1. The maximum Gasteiger partial charge on any atom is 0.238 e. The zero-order valence-electron chi connectivity index (χ0n) is 14.7. The molecule has 2 aromatic heterocycles. The molecule has 2 aromatic rings. The van der Waals surface area contributed by atoms with E-state index in [1.807, 2.05) is 13.8 Å². The first-order chi connectivity index (χ1) is 12.1. The molecule has 1 aliphatic carbocycles. The molecule has 1 saturated heterocycles. The van der Waals surface area contributed by atoms with E-state index in [2.05, 4.69) is 30.6 Å². The zero-order chi connectivity index (χ0) is 17.4. The normalized spacial score (nSPS) is 21.4. The highest BCUT2D eigenvalue weighted by Gasteiger charge is 2.32. The standard InChI is InChI=1S/C17H24N6O2/c1-10-15(11(2)21-20-10)18-14(24)9-23-7-3-4-13(8-23)16-19-17(25-22-16)12-5-6-12/h12-13H,3-9H2,1-2H3,(H,18,24)(H,20,21)/t13-/m0/s1. The molecule has 1 amide bonds. The number of aromatic amines is 1. The lowest BCUT2D eigenvalue weighted by Crippen LogP contribution is -2.40. The van der Waals surface area contributed by atoms with Crippen molar-refractivity contribution in [2.45, 2.75) is 51.4 Å². The van der Waals surface area contributed by atoms with Gasteiger partial charge in [-0.05, 0) is 46.1 Å².